The molecule has 3 aromatic rings. The van der Waals surface area contributed by atoms with Crippen molar-refractivity contribution in [3.8, 4) is 10.6 Å². The second kappa shape index (κ2) is 8.69. The van der Waals surface area contributed by atoms with Crippen molar-refractivity contribution in [2.45, 2.75) is 25.3 Å². The van der Waals surface area contributed by atoms with Crippen LogP contribution in [0, 0.1) is 0 Å². The summed E-state index contributed by atoms with van der Waals surface area (Å²) in [5.41, 5.74) is 1.60. The van der Waals surface area contributed by atoms with Crippen LogP contribution in [0.15, 0.2) is 66.2 Å². The lowest BCUT2D eigenvalue weighted by Gasteiger charge is -2.21. The minimum absolute atomic E-state index is 0.334. The molecule has 0 bridgehead atoms. The predicted octanol–water partition coefficient (Wildman–Crippen LogP) is 3.69. The highest BCUT2D eigenvalue weighted by Gasteiger charge is 2.47. The quantitative estimate of drug-likeness (QED) is 0.555. The number of imide groups is 1. The Balaban J connectivity index is 1.35. The molecule has 7 nitrogen and oxygen atoms in total. The van der Waals surface area contributed by atoms with Crippen LogP contribution in [0.4, 0.5) is 10.5 Å². The van der Waals surface area contributed by atoms with Crippen molar-refractivity contribution in [3.63, 3.8) is 0 Å². The average molecular weight is 435 g/mol. The molecule has 1 saturated heterocycles. The van der Waals surface area contributed by atoms with E-state index < -0.39 is 17.5 Å². The fourth-order valence-electron chi connectivity index (χ4n) is 3.51. The molecule has 2 N–H and O–H groups in total. The zero-order valence-corrected chi connectivity index (χ0v) is 17.8. The van der Waals surface area contributed by atoms with Crippen LogP contribution in [0.25, 0.3) is 10.6 Å². The van der Waals surface area contributed by atoms with Gasteiger partial charge in [-0.05, 0) is 49.6 Å². The fraction of sp³-hybridized carbons (Fsp3) is 0.217. The van der Waals surface area contributed by atoms with E-state index in [1.165, 1.54) is 11.3 Å². The first-order valence-electron chi connectivity index (χ1n) is 9.92. The third-order valence-corrected chi connectivity index (χ3v) is 6.07. The number of rotatable bonds is 7. The van der Waals surface area contributed by atoms with Crippen LogP contribution < -0.4 is 10.6 Å². The molecule has 2 aromatic carbocycles. The van der Waals surface area contributed by atoms with Crippen molar-refractivity contribution in [1.29, 1.82) is 0 Å². The van der Waals surface area contributed by atoms with E-state index in [4.69, 9.17) is 0 Å². The zero-order valence-electron chi connectivity index (χ0n) is 17.0. The summed E-state index contributed by atoms with van der Waals surface area (Å²) >= 11 is 1.53. The van der Waals surface area contributed by atoms with E-state index in [0.29, 0.717) is 18.5 Å². The Morgan fingerprint density at radius 3 is 2.55 bits per heavy atom. The molecule has 1 unspecified atom stereocenters. The van der Waals surface area contributed by atoms with Gasteiger partial charge in [-0.3, -0.25) is 14.5 Å². The number of aromatic nitrogens is 1. The predicted molar refractivity (Wildman–Crippen MR) is 120 cm³/mol. The van der Waals surface area contributed by atoms with Crippen LogP contribution in [0.5, 0.6) is 0 Å². The SMILES string of the molecule is CC1(CCc2ccccc2)NC(=O)N(CC(=O)Nc2ccc(-c3nccs3)cc2)C1=O. The van der Waals surface area contributed by atoms with Gasteiger partial charge in [0.1, 0.15) is 17.1 Å². The number of nitrogens with one attached hydrogen (secondary N) is 2. The van der Waals surface area contributed by atoms with Gasteiger partial charge in [-0.15, -0.1) is 11.3 Å². The second-order valence-electron chi connectivity index (χ2n) is 7.60. The van der Waals surface area contributed by atoms with Gasteiger partial charge in [0, 0.05) is 22.8 Å². The molecule has 1 atom stereocenters. The van der Waals surface area contributed by atoms with Crippen LogP contribution in [0.2, 0.25) is 0 Å². The number of carbonyl (C=O) groups excluding carboxylic acids is 3. The number of benzene rings is 2. The number of amides is 4. The Bertz CT molecular complexity index is 1080. The normalized spacial score (nSPS) is 18.2. The highest BCUT2D eigenvalue weighted by atomic mass is 32.1. The molecule has 1 aliphatic rings. The van der Waals surface area contributed by atoms with Crippen molar-refractivity contribution >= 4 is 34.9 Å². The smallest absolute Gasteiger partial charge is 0.325 e. The van der Waals surface area contributed by atoms with Crippen LogP contribution in [0.1, 0.15) is 18.9 Å². The number of urea groups is 1. The van der Waals surface area contributed by atoms with E-state index in [0.717, 1.165) is 21.0 Å². The summed E-state index contributed by atoms with van der Waals surface area (Å²) in [4.78, 5) is 43.0. The number of nitrogens with zero attached hydrogens (tertiary/aromatic N) is 2. The van der Waals surface area contributed by atoms with Crippen molar-refractivity contribution in [1.82, 2.24) is 15.2 Å². The van der Waals surface area contributed by atoms with Gasteiger partial charge < -0.3 is 10.6 Å². The van der Waals surface area contributed by atoms with Gasteiger partial charge in [-0.2, -0.15) is 0 Å². The maximum Gasteiger partial charge on any atom is 0.325 e. The molecule has 31 heavy (non-hydrogen) atoms. The Morgan fingerprint density at radius 1 is 1.13 bits per heavy atom. The van der Waals surface area contributed by atoms with E-state index in [9.17, 15) is 14.4 Å². The number of anilines is 1. The summed E-state index contributed by atoms with van der Waals surface area (Å²) in [5.74, 6) is -0.819. The lowest BCUT2D eigenvalue weighted by molar-refractivity contribution is -0.133. The van der Waals surface area contributed by atoms with Gasteiger partial charge in [-0.1, -0.05) is 30.3 Å². The van der Waals surface area contributed by atoms with Crippen LogP contribution >= 0.6 is 11.3 Å². The van der Waals surface area contributed by atoms with E-state index in [2.05, 4.69) is 15.6 Å². The fourth-order valence-corrected chi connectivity index (χ4v) is 4.15. The molecule has 4 rings (SSSR count). The molecule has 0 radical (unpaired) electrons. The van der Waals surface area contributed by atoms with Crippen molar-refractivity contribution in [2.24, 2.45) is 0 Å². The lowest BCUT2D eigenvalue weighted by atomic mass is 9.93. The van der Waals surface area contributed by atoms with Gasteiger partial charge in [0.25, 0.3) is 5.91 Å². The topological polar surface area (TPSA) is 91.4 Å². The van der Waals surface area contributed by atoms with Gasteiger partial charge in [-0.25, -0.2) is 9.78 Å². The van der Waals surface area contributed by atoms with E-state index in [1.54, 1.807) is 25.3 Å². The monoisotopic (exact) mass is 434 g/mol. The zero-order chi connectivity index (χ0) is 21.8. The number of carbonyl (C=O) groups is 3. The summed E-state index contributed by atoms with van der Waals surface area (Å²) < 4.78 is 0. The van der Waals surface area contributed by atoms with Gasteiger partial charge >= 0.3 is 6.03 Å². The van der Waals surface area contributed by atoms with Crippen molar-refractivity contribution in [2.75, 3.05) is 11.9 Å². The molecule has 1 aliphatic heterocycles. The molecule has 0 saturated carbocycles. The first-order valence-corrected chi connectivity index (χ1v) is 10.8. The molecular formula is C23H22N4O3S. The summed E-state index contributed by atoms with van der Waals surface area (Å²) in [5, 5.41) is 8.28. The standard InChI is InChI=1S/C23H22N4O3S/c1-23(12-11-16-5-3-2-4-6-16)21(29)27(22(30)26-23)15-19(28)25-18-9-7-17(8-10-18)20-24-13-14-31-20/h2-10,13-14H,11-12,15H2,1H3,(H,25,28)(H,26,30). The van der Waals surface area contributed by atoms with E-state index >= 15 is 0 Å². The number of thiazole rings is 1. The lowest BCUT2D eigenvalue weighted by Crippen LogP contribution is -2.45. The third kappa shape index (κ3) is 4.64. The Hall–Kier alpha value is -3.52. The highest BCUT2D eigenvalue weighted by molar-refractivity contribution is 7.13. The van der Waals surface area contributed by atoms with Crippen LogP contribution in [-0.2, 0) is 16.0 Å². The number of aryl methyl sites for hydroxylation is 1. The van der Waals surface area contributed by atoms with E-state index in [-0.39, 0.29) is 12.5 Å². The summed E-state index contributed by atoms with van der Waals surface area (Å²) in [6.45, 7) is 1.37. The average Bonchev–Trinajstić information content (AvgIpc) is 3.38. The molecule has 4 amide bonds. The maximum absolute atomic E-state index is 12.9. The summed E-state index contributed by atoms with van der Waals surface area (Å²) in [7, 11) is 0. The number of hydrogen-bond acceptors (Lipinski definition) is 5. The van der Waals surface area contributed by atoms with E-state index in [1.807, 2.05) is 47.8 Å². The molecule has 0 aliphatic carbocycles. The highest BCUT2D eigenvalue weighted by Crippen LogP contribution is 2.25. The van der Waals surface area contributed by atoms with Gasteiger partial charge in [0.2, 0.25) is 5.91 Å². The van der Waals surface area contributed by atoms with Crippen LogP contribution in [0.3, 0.4) is 0 Å². The third-order valence-electron chi connectivity index (χ3n) is 5.25. The van der Waals surface area contributed by atoms with Crippen molar-refractivity contribution in [3.05, 3.63) is 71.7 Å². The van der Waals surface area contributed by atoms with Gasteiger partial charge in [0.05, 0.1) is 0 Å². The van der Waals surface area contributed by atoms with Gasteiger partial charge in [0.15, 0.2) is 0 Å². The molecular weight excluding hydrogens is 412 g/mol. The molecule has 2 heterocycles. The Kier molecular flexibility index (Phi) is 5.81. The summed E-state index contributed by atoms with van der Waals surface area (Å²) in [6, 6.07) is 16.5. The molecule has 158 valence electrons. The molecule has 1 fully saturated rings. The van der Waals surface area contributed by atoms with Crippen LogP contribution in [-0.4, -0.2) is 39.8 Å². The first-order chi connectivity index (χ1) is 14.9. The maximum atomic E-state index is 12.9. The molecule has 8 heteroatoms. The Labute approximate surface area is 184 Å². The summed E-state index contributed by atoms with van der Waals surface area (Å²) in [6.07, 6.45) is 2.84. The minimum Gasteiger partial charge on any atom is -0.325 e. The largest absolute Gasteiger partial charge is 0.325 e. The number of hydrogen-bond donors (Lipinski definition) is 2. The van der Waals surface area contributed by atoms with Crippen molar-refractivity contribution < 1.29 is 14.4 Å². The Morgan fingerprint density at radius 2 is 1.87 bits per heavy atom. The molecule has 1 aromatic heterocycles. The first kappa shape index (κ1) is 20.7. The minimum atomic E-state index is -1.03. The second-order valence-corrected chi connectivity index (χ2v) is 8.50. The molecule has 0 spiro atoms.